The van der Waals surface area contributed by atoms with Crippen LogP contribution in [0.5, 0.6) is 11.5 Å². The van der Waals surface area contributed by atoms with Crippen molar-refractivity contribution in [3.8, 4) is 11.5 Å². The van der Waals surface area contributed by atoms with Crippen molar-refractivity contribution in [1.29, 1.82) is 0 Å². The molecule has 0 aliphatic carbocycles. The smallest absolute Gasteiger partial charge is 0.231 e. The lowest BCUT2D eigenvalue weighted by Gasteiger charge is -2.08. The summed E-state index contributed by atoms with van der Waals surface area (Å²) in [4.78, 5) is 4.34. The van der Waals surface area contributed by atoms with Gasteiger partial charge in [-0.3, -0.25) is 0 Å². The van der Waals surface area contributed by atoms with Crippen LogP contribution in [0.2, 0.25) is 5.02 Å². The Morgan fingerprint density at radius 2 is 1.54 bits per heavy atom. The number of hydrogen-bond acceptors (Lipinski definition) is 6. The second-order valence-corrected chi connectivity index (χ2v) is 6.46. The highest BCUT2D eigenvalue weighted by atomic mass is 35.5. The van der Waals surface area contributed by atoms with E-state index in [0.717, 1.165) is 10.2 Å². The SMILES string of the molecule is Oc1c(Cl)c(N=Nc2nc3ccccc3s2)c(O)c2ccccc12. The molecule has 4 aromatic rings. The Balaban J connectivity index is 1.84. The Morgan fingerprint density at radius 1 is 0.875 bits per heavy atom. The van der Waals surface area contributed by atoms with Crippen molar-refractivity contribution in [3.05, 3.63) is 53.6 Å². The lowest BCUT2D eigenvalue weighted by molar-refractivity contribution is 0.470. The third kappa shape index (κ3) is 2.36. The lowest BCUT2D eigenvalue weighted by atomic mass is 10.1. The number of fused-ring (bicyclic) bond motifs is 2. The number of aromatic nitrogens is 1. The van der Waals surface area contributed by atoms with E-state index in [1.165, 1.54) is 11.3 Å². The van der Waals surface area contributed by atoms with E-state index in [9.17, 15) is 10.2 Å². The van der Waals surface area contributed by atoms with E-state index in [2.05, 4.69) is 15.2 Å². The summed E-state index contributed by atoms with van der Waals surface area (Å²) in [5.41, 5.74) is 0.847. The third-order valence-corrected chi connectivity index (χ3v) is 4.87. The molecule has 0 bridgehead atoms. The predicted molar refractivity (Wildman–Crippen MR) is 96.1 cm³/mol. The van der Waals surface area contributed by atoms with Crippen LogP contribution in [0.15, 0.2) is 58.8 Å². The van der Waals surface area contributed by atoms with Crippen molar-refractivity contribution < 1.29 is 10.2 Å². The molecule has 0 spiro atoms. The molecule has 0 saturated heterocycles. The van der Waals surface area contributed by atoms with Gasteiger partial charge in [0.05, 0.1) is 10.2 Å². The largest absolute Gasteiger partial charge is 0.506 e. The molecule has 3 aromatic carbocycles. The fourth-order valence-corrected chi connectivity index (χ4v) is 3.46. The first kappa shape index (κ1) is 14.9. The molecule has 0 unspecified atom stereocenters. The van der Waals surface area contributed by atoms with Gasteiger partial charge < -0.3 is 10.2 Å². The van der Waals surface area contributed by atoms with Crippen LogP contribution < -0.4 is 0 Å². The van der Waals surface area contributed by atoms with E-state index in [1.807, 2.05) is 24.3 Å². The van der Waals surface area contributed by atoms with Gasteiger partial charge in [0, 0.05) is 10.8 Å². The minimum Gasteiger partial charge on any atom is -0.506 e. The Bertz CT molecular complexity index is 1070. The van der Waals surface area contributed by atoms with Crippen molar-refractivity contribution in [3.63, 3.8) is 0 Å². The molecular weight excluding hydrogens is 346 g/mol. The number of benzene rings is 3. The zero-order valence-electron chi connectivity index (χ0n) is 12.1. The number of azo groups is 1. The molecule has 5 nitrogen and oxygen atoms in total. The van der Waals surface area contributed by atoms with Gasteiger partial charge in [-0.25, -0.2) is 4.98 Å². The predicted octanol–water partition coefficient (Wildman–Crippen LogP) is 5.93. The Hall–Kier alpha value is -2.70. The summed E-state index contributed by atoms with van der Waals surface area (Å²) >= 11 is 7.52. The van der Waals surface area contributed by atoms with E-state index in [-0.39, 0.29) is 22.2 Å². The average Bonchev–Trinajstić information content (AvgIpc) is 3.02. The molecule has 0 amide bonds. The number of hydrogen-bond donors (Lipinski definition) is 2. The summed E-state index contributed by atoms with van der Waals surface area (Å²) in [6.07, 6.45) is 0. The van der Waals surface area contributed by atoms with Crippen molar-refractivity contribution in [1.82, 2.24) is 4.98 Å². The van der Waals surface area contributed by atoms with Crippen molar-refractivity contribution >= 4 is 54.7 Å². The normalized spacial score (nSPS) is 11.7. The molecule has 0 fully saturated rings. The molecule has 1 heterocycles. The van der Waals surface area contributed by atoms with E-state index in [0.29, 0.717) is 15.9 Å². The number of phenols is 2. The topological polar surface area (TPSA) is 78.1 Å². The van der Waals surface area contributed by atoms with Gasteiger partial charge >= 0.3 is 0 Å². The zero-order chi connectivity index (χ0) is 16.7. The standard InChI is InChI=1S/C17H10ClN3O2S/c18-13-14(16(23)10-6-2-1-5-9(10)15(13)22)20-21-17-19-11-7-3-4-8-12(11)24-17/h1-8,22-23H. The van der Waals surface area contributed by atoms with Crippen molar-refractivity contribution in [2.24, 2.45) is 10.2 Å². The molecule has 7 heteroatoms. The summed E-state index contributed by atoms with van der Waals surface area (Å²) in [5, 5.41) is 30.0. The molecule has 4 rings (SSSR count). The first-order chi connectivity index (χ1) is 11.6. The van der Waals surface area contributed by atoms with Gasteiger partial charge in [0.25, 0.3) is 0 Å². The van der Waals surface area contributed by atoms with Gasteiger partial charge in [0.1, 0.15) is 10.8 Å². The van der Waals surface area contributed by atoms with Crippen molar-refractivity contribution in [2.45, 2.75) is 0 Å². The lowest BCUT2D eigenvalue weighted by Crippen LogP contribution is -1.79. The summed E-state index contributed by atoms with van der Waals surface area (Å²) in [6, 6.07) is 14.5. The third-order valence-electron chi connectivity index (χ3n) is 3.60. The first-order valence-corrected chi connectivity index (χ1v) is 8.24. The molecule has 0 atom stereocenters. The van der Waals surface area contributed by atoms with E-state index in [1.54, 1.807) is 24.3 Å². The van der Waals surface area contributed by atoms with Gasteiger partial charge in [-0.2, -0.15) is 0 Å². The van der Waals surface area contributed by atoms with Gasteiger partial charge in [0.2, 0.25) is 5.13 Å². The first-order valence-electron chi connectivity index (χ1n) is 7.04. The van der Waals surface area contributed by atoms with Crippen LogP contribution in [-0.4, -0.2) is 15.2 Å². The molecule has 0 aliphatic rings. The second kappa shape index (κ2) is 5.74. The summed E-state index contributed by atoms with van der Waals surface area (Å²) in [5.74, 6) is -0.262. The van der Waals surface area contributed by atoms with Gasteiger partial charge in [-0.15, -0.1) is 10.2 Å². The molecule has 1 aromatic heterocycles. The Morgan fingerprint density at radius 3 is 2.29 bits per heavy atom. The number of halogens is 1. The maximum Gasteiger partial charge on any atom is 0.231 e. The van der Waals surface area contributed by atoms with Crippen LogP contribution in [-0.2, 0) is 0 Å². The molecule has 24 heavy (non-hydrogen) atoms. The molecule has 0 aliphatic heterocycles. The van der Waals surface area contributed by atoms with Gasteiger partial charge in [-0.05, 0) is 12.1 Å². The van der Waals surface area contributed by atoms with Crippen LogP contribution in [0.4, 0.5) is 10.8 Å². The number of thiazole rings is 1. The van der Waals surface area contributed by atoms with Crippen LogP contribution in [0.3, 0.4) is 0 Å². The fraction of sp³-hybridized carbons (Fsp3) is 0. The highest BCUT2D eigenvalue weighted by Gasteiger charge is 2.17. The van der Waals surface area contributed by atoms with E-state index < -0.39 is 0 Å². The minimum absolute atomic E-state index is 0.0205. The maximum absolute atomic E-state index is 10.4. The fourth-order valence-electron chi connectivity index (χ4n) is 2.44. The monoisotopic (exact) mass is 355 g/mol. The van der Waals surface area contributed by atoms with Crippen LogP contribution in [0, 0.1) is 0 Å². The molecule has 0 saturated carbocycles. The van der Waals surface area contributed by atoms with E-state index in [4.69, 9.17) is 11.6 Å². The number of rotatable bonds is 2. The maximum atomic E-state index is 10.4. The van der Waals surface area contributed by atoms with Crippen LogP contribution in [0.25, 0.3) is 21.0 Å². The van der Waals surface area contributed by atoms with Gasteiger partial charge in [0.15, 0.2) is 11.4 Å². The zero-order valence-corrected chi connectivity index (χ0v) is 13.7. The average molecular weight is 356 g/mol. The van der Waals surface area contributed by atoms with Crippen molar-refractivity contribution in [2.75, 3.05) is 0 Å². The molecule has 0 radical (unpaired) electrons. The van der Waals surface area contributed by atoms with Gasteiger partial charge in [-0.1, -0.05) is 59.3 Å². The Kier molecular flexibility index (Phi) is 3.55. The molecule has 2 N–H and O–H groups in total. The van der Waals surface area contributed by atoms with Crippen LogP contribution >= 0.6 is 22.9 Å². The Labute approximate surface area is 145 Å². The summed E-state index contributed by atoms with van der Waals surface area (Å²) < 4.78 is 0.989. The molecule has 118 valence electrons. The summed E-state index contributed by atoms with van der Waals surface area (Å²) in [7, 11) is 0. The second-order valence-electron chi connectivity index (χ2n) is 5.07. The minimum atomic E-state index is -0.136. The highest BCUT2D eigenvalue weighted by molar-refractivity contribution is 7.21. The van der Waals surface area contributed by atoms with Crippen LogP contribution in [0.1, 0.15) is 0 Å². The quantitative estimate of drug-likeness (QED) is 0.345. The van der Waals surface area contributed by atoms with E-state index >= 15 is 0 Å². The number of para-hydroxylation sites is 1. The summed E-state index contributed by atoms with van der Waals surface area (Å²) in [6.45, 7) is 0. The number of phenolic OH excluding ortho intramolecular Hbond substituents is 2. The highest BCUT2D eigenvalue weighted by Crippen LogP contribution is 2.48. The number of aromatic hydroxyl groups is 2. The number of nitrogens with zero attached hydrogens (tertiary/aromatic N) is 3. The molecular formula is C17H10ClN3O2S.